The first-order valence-corrected chi connectivity index (χ1v) is 13.0. The number of hydrogen-bond donors (Lipinski definition) is 2. The first-order valence-electron chi connectivity index (χ1n) is 12.6. The van der Waals surface area contributed by atoms with Crippen LogP contribution in [0.4, 0.5) is 24.5 Å². The third kappa shape index (κ3) is 5.85. The monoisotopic (exact) mass is 584 g/mol. The van der Waals surface area contributed by atoms with Crippen LogP contribution in [0.1, 0.15) is 48.3 Å². The van der Waals surface area contributed by atoms with Gasteiger partial charge >= 0.3 is 6.18 Å². The Kier molecular flexibility index (Phi) is 8.44. The Bertz CT molecular complexity index is 1470. The van der Waals surface area contributed by atoms with Crippen LogP contribution in [0.3, 0.4) is 0 Å². The lowest BCUT2D eigenvalue weighted by atomic mass is 10.1. The Morgan fingerprint density at radius 1 is 1.21 bits per heavy atom. The molecule has 1 saturated carbocycles. The maximum absolute atomic E-state index is 13.8. The highest BCUT2D eigenvalue weighted by molar-refractivity contribution is 6.33. The number of nitrogens with zero attached hydrogens (tertiary/aromatic N) is 4. The standard InChI is InChI=1S/C26H28ClF3N6O2.ClH/c1-3-19-23(35-10-8-31-9-11-35)24(38)22-25(32-14(2)21(34-22)15-4-5-15)36(19)13-20(37)33-18-7-6-16(12-17(18)27)26(28,29)30;/h6-7,12,15,31H,3-5,8-11,13H2,1-2H3,(H,33,37);1H. The van der Waals surface area contributed by atoms with Gasteiger partial charge in [-0.1, -0.05) is 18.5 Å². The molecule has 2 fully saturated rings. The van der Waals surface area contributed by atoms with Crippen LogP contribution >= 0.6 is 24.0 Å². The fourth-order valence-electron chi connectivity index (χ4n) is 4.97. The van der Waals surface area contributed by atoms with Crippen molar-refractivity contribution in [3.05, 3.63) is 56.1 Å². The summed E-state index contributed by atoms with van der Waals surface area (Å²) in [6, 6.07) is 2.77. The molecule has 2 aromatic heterocycles. The Labute approximate surface area is 234 Å². The van der Waals surface area contributed by atoms with Crippen molar-refractivity contribution in [3.8, 4) is 0 Å². The third-order valence-corrected chi connectivity index (χ3v) is 7.29. The average molecular weight is 585 g/mol. The highest BCUT2D eigenvalue weighted by Crippen LogP contribution is 2.40. The molecule has 2 N–H and O–H groups in total. The van der Waals surface area contributed by atoms with Gasteiger partial charge in [-0.15, -0.1) is 12.4 Å². The minimum absolute atomic E-state index is 0. The zero-order chi connectivity index (χ0) is 27.2. The Hall–Kier alpha value is -2.89. The molecule has 0 bridgehead atoms. The van der Waals surface area contributed by atoms with Crippen LogP contribution in [0.2, 0.25) is 5.02 Å². The molecule has 1 aromatic carbocycles. The van der Waals surface area contributed by atoms with Crippen molar-refractivity contribution >= 4 is 52.5 Å². The van der Waals surface area contributed by atoms with Crippen LogP contribution in [-0.2, 0) is 23.9 Å². The summed E-state index contributed by atoms with van der Waals surface area (Å²) in [6.07, 6.45) is -2.08. The summed E-state index contributed by atoms with van der Waals surface area (Å²) in [6.45, 7) is 6.26. The van der Waals surface area contributed by atoms with E-state index in [1.54, 1.807) is 4.57 Å². The molecule has 2 aliphatic rings. The predicted molar refractivity (Wildman–Crippen MR) is 147 cm³/mol. The number of piperazine rings is 1. The van der Waals surface area contributed by atoms with Gasteiger partial charge in [-0.05, 0) is 44.4 Å². The highest BCUT2D eigenvalue weighted by atomic mass is 35.5. The molecule has 3 aromatic rings. The highest BCUT2D eigenvalue weighted by Gasteiger charge is 2.32. The van der Waals surface area contributed by atoms with E-state index in [4.69, 9.17) is 21.6 Å². The second kappa shape index (κ2) is 11.3. The van der Waals surface area contributed by atoms with Crippen LogP contribution in [0.5, 0.6) is 0 Å². The summed E-state index contributed by atoms with van der Waals surface area (Å²) in [5.41, 5.74) is 2.22. The molecule has 210 valence electrons. The van der Waals surface area contributed by atoms with E-state index >= 15 is 0 Å². The zero-order valence-electron chi connectivity index (χ0n) is 21.5. The van der Waals surface area contributed by atoms with Gasteiger partial charge in [0, 0.05) is 37.8 Å². The first kappa shape index (κ1) is 29.1. The topological polar surface area (TPSA) is 92.2 Å². The Morgan fingerprint density at radius 3 is 2.49 bits per heavy atom. The van der Waals surface area contributed by atoms with Crippen LogP contribution in [0, 0.1) is 6.92 Å². The molecule has 3 heterocycles. The Morgan fingerprint density at radius 2 is 1.90 bits per heavy atom. The van der Waals surface area contributed by atoms with Crippen molar-refractivity contribution in [2.75, 3.05) is 36.4 Å². The van der Waals surface area contributed by atoms with Crippen molar-refractivity contribution in [2.45, 2.75) is 51.7 Å². The molecular formula is C26H29Cl2F3N6O2. The molecule has 1 aliphatic heterocycles. The van der Waals surface area contributed by atoms with Crippen LogP contribution in [0.25, 0.3) is 11.2 Å². The minimum atomic E-state index is -4.55. The smallest absolute Gasteiger partial charge is 0.364 e. The number of benzene rings is 1. The van der Waals surface area contributed by atoms with Gasteiger partial charge in [0.2, 0.25) is 11.3 Å². The third-order valence-electron chi connectivity index (χ3n) is 6.98. The number of amides is 1. The zero-order valence-corrected chi connectivity index (χ0v) is 23.1. The van der Waals surface area contributed by atoms with Crippen molar-refractivity contribution in [1.29, 1.82) is 0 Å². The van der Waals surface area contributed by atoms with Gasteiger partial charge in [0.25, 0.3) is 0 Å². The second-order valence-electron chi connectivity index (χ2n) is 9.68. The van der Waals surface area contributed by atoms with Gasteiger partial charge in [0.05, 0.1) is 27.7 Å². The summed E-state index contributed by atoms with van der Waals surface area (Å²) < 4.78 is 40.8. The lowest BCUT2D eigenvalue weighted by Crippen LogP contribution is -2.46. The Balaban J connectivity index is 0.00000353. The quantitative estimate of drug-likeness (QED) is 0.437. The van der Waals surface area contributed by atoms with Crippen LogP contribution < -0.4 is 21.0 Å². The van der Waals surface area contributed by atoms with Crippen molar-refractivity contribution in [1.82, 2.24) is 19.9 Å². The van der Waals surface area contributed by atoms with E-state index in [1.807, 2.05) is 18.7 Å². The molecule has 39 heavy (non-hydrogen) atoms. The number of carbonyl (C=O) groups excluding carboxylic acids is 1. The van der Waals surface area contributed by atoms with E-state index in [0.29, 0.717) is 42.5 Å². The number of halogens is 5. The SMILES string of the molecule is CCc1c(N2CCNCC2)c(=O)c2nc(C3CC3)c(C)nc2n1CC(=O)Nc1ccc(C(F)(F)F)cc1Cl.Cl. The summed E-state index contributed by atoms with van der Waals surface area (Å²) in [5, 5.41) is 5.68. The number of hydrogen-bond acceptors (Lipinski definition) is 6. The maximum atomic E-state index is 13.8. The molecule has 13 heteroatoms. The summed E-state index contributed by atoms with van der Waals surface area (Å²) in [7, 11) is 0. The fourth-order valence-corrected chi connectivity index (χ4v) is 5.20. The van der Waals surface area contributed by atoms with Gasteiger partial charge in [0.1, 0.15) is 12.2 Å². The van der Waals surface area contributed by atoms with E-state index in [-0.39, 0.29) is 40.6 Å². The van der Waals surface area contributed by atoms with Crippen LogP contribution in [-0.4, -0.2) is 46.6 Å². The van der Waals surface area contributed by atoms with E-state index in [2.05, 4.69) is 10.6 Å². The first-order chi connectivity index (χ1) is 18.1. The van der Waals surface area contributed by atoms with Gasteiger partial charge in [-0.2, -0.15) is 13.2 Å². The number of aryl methyl sites for hydroxylation is 1. The molecule has 1 saturated heterocycles. The lowest BCUT2D eigenvalue weighted by Gasteiger charge is -2.32. The van der Waals surface area contributed by atoms with E-state index in [0.717, 1.165) is 55.5 Å². The number of carbonyl (C=O) groups is 1. The molecule has 0 unspecified atom stereocenters. The number of rotatable bonds is 6. The van der Waals surface area contributed by atoms with Gasteiger partial charge in [-0.3, -0.25) is 9.59 Å². The minimum Gasteiger partial charge on any atom is -0.364 e. The van der Waals surface area contributed by atoms with Crippen molar-refractivity contribution < 1.29 is 18.0 Å². The number of nitrogens with one attached hydrogen (secondary N) is 2. The summed E-state index contributed by atoms with van der Waals surface area (Å²) in [5.74, 6) is -0.221. The lowest BCUT2D eigenvalue weighted by molar-refractivity contribution is -0.137. The maximum Gasteiger partial charge on any atom is 0.416 e. The number of aromatic nitrogens is 3. The van der Waals surface area contributed by atoms with Crippen LogP contribution in [0.15, 0.2) is 23.0 Å². The number of alkyl halides is 3. The molecule has 5 rings (SSSR count). The number of pyridine rings is 1. The molecule has 0 spiro atoms. The van der Waals surface area contributed by atoms with Crippen molar-refractivity contribution in [3.63, 3.8) is 0 Å². The van der Waals surface area contributed by atoms with Gasteiger partial charge in [0.15, 0.2) is 11.2 Å². The molecular weight excluding hydrogens is 556 g/mol. The molecule has 0 radical (unpaired) electrons. The normalized spacial score (nSPS) is 15.8. The summed E-state index contributed by atoms with van der Waals surface area (Å²) in [4.78, 5) is 38.6. The second-order valence-corrected chi connectivity index (χ2v) is 10.1. The number of anilines is 2. The van der Waals surface area contributed by atoms with Crippen molar-refractivity contribution in [2.24, 2.45) is 0 Å². The average Bonchev–Trinajstić information content (AvgIpc) is 3.71. The van der Waals surface area contributed by atoms with E-state index < -0.39 is 17.6 Å². The molecule has 1 amide bonds. The van der Waals surface area contributed by atoms with E-state index in [9.17, 15) is 22.8 Å². The largest absolute Gasteiger partial charge is 0.416 e. The number of fused-ring (bicyclic) bond motifs is 1. The fraction of sp³-hybridized carbons (Fsp3) is 0.462. The van der Waals surface area contributed by atoms with Gasteiger partial charge < -0.3 is 20.1 Å². The van der Waals surface area contributed by atoms with E-state index in [1.165, 1.54) is 0 Å². The van der Waals surface area contributed by atoms with Gasteiger partial charge in [-0.25, -0.2) is 9.97 Å². The molecule has 0 atom stereocenters. The molecule has 8 nitrogen and oxygen atoms in total. The predicted octanol–water partition coefficient (Wildman–Crippen LogP) is 4.68. The summed E-state index contributed by atoms with van der Waals surface area (Å²) >= 11 is 6.06. The molecule has 1 aliphatic carbocycles.